The molecule has 1 N–H and O–H groups in total. The van der Waals surface area contributed by atoms with Crippen LogP contribution in [0.4, 0.5) is 20.2 Å². The minimum atomic E-state index is -1.26. The molecule has 2 atom stereocenters. The molecule has 2 unspecified atom stereocenters. The van der Waals surface area contributed by atoms with Crippen LogP contribution >= 0.6 is 0 Å². The minimum absolute atomic E-state index is 0.178. The van der Waals surface area contributed by atoms with Crippen LogP contribution in [0.5, 0.6) is 0 Å². The molecule has 2 fully saturated rings. The number of rotatable bonds is 3. The Morgan fingerprint density at radius 3 is 2.45 bits per heavy atom. The Morgan fingerprint density at radius 1 is 1.20 bits per heavy atom. The summed E-state index contributed by atoms with van der Waals surface area (Å²) in [6.45, 7) is 0. The molecule has 0 aliphatic heterocycles. The van der Waals surface area contributed by atoms with Gasteiger partial charge in [0.25, 0.3) is 0 Å². The fraction of sp³-hybridized carbons (Fsp3) is 0.462. The van der Waals surface area contributed by atoms with Crippen molar-refractivity contribution in [2.45, 2.75) is 19.3 Å². The van der Waals surface area contributed by atoms with E-state index in [0.29, 0.717) is 17.9 Å². The Morgan fingerprint density at radius 2 is 1.85 bits per heavy atom. The van der Waals surface area contributed by atoms with E-state index in [9.17, 15) is 23.7 Å². The Bertz CT molecular complexity index is 596. The topological polar surface area (TPSA) is 72.2 Å². The summed E-state index contributed by atoms with van der Waals surface area (Å²) < 4.78 is 26.7. The average molecular weight is 282 g/mol. The molecule has 7 heteroatoms. The summed E-state index contributed by atoms with van der Waals surface area (Å²) in [4.78, 5) is 21.6. The van der Waals surface area contributed by atoms with E-state index in [-0.39, 0.29) is 17.5 Å². The molecule has 5 nitrogen and oxygen atoms in total. The predicted molar refractivity (Wildman–Crippen MR) is 66.0 cm³/mol. The normalized spacial score (nSPS) is 27.0. The molecule has 2 aliphatic rings. The highest BCUT2D eigenvalue weighted by molar-refractivity contribution is 5.93. The first kappa shape index (κ1) is 13.0. The molecule has 1 amide bonds. The Labute approximate surface area is 113 Å². The number of nitrogens with zero attached hydrogens (tertiary/aromatic N) is 1. The fourth-order valence-corrected chi connectivity index (χ4v) is 2.94. The first-order chi connectivity index (χ1) is 9.45. The van der Waals surface area contributed by atoms with Crippen molar-refractivity contribution in [2.75, 3.05) is 5.32 Å². The van der Waals surface area contributed by atoms with Gasteiger partial charge in [0.1, 0.15) is 5.82 Å². The van der Waals surface area contributed by atoms with Crippen LogP contribution in [0.25, 0.3) is 0 Å². The van der Waals surface area contributed by atoms with E-state index in [0.717, 1.165) is 25.3 Å². The number of benzene rings is 1. The summed E-state index contributed by atoms with van der Waals surface area (Å²) in [5.74, 6) is -1.60. The highest BCUT2D eigenvalue weighted by Crippen LogP contribution is 2.54. The van der Waals surface area contributed by atoms with Crippen LogP contribution in [0.2, 0.25) is 0 Å². The molecule has 0 bridgehead atoms. The van der Waals surface area contributed by atoms with Crippen molar-refractivity contribution >= 4 is 17.3 Å². The highest BCUT2D eigenvalue weighted by Gasteiger charge is 2.48. The van der Waals surface area contributed by atoms with Gasteiger partial charge in [-0.15, -0.1) is 0 Å². The van der Waals surface area contributed by atoms with Gasteiger partial charge >= 0.3 is 5.69 Å². The lowest BCUT2D eigenvalue weighted by Crippen LogP contribution is -2.22. The van der Waals surface area contributed by atoms with Gasteiger partial charge in [-0.1, -0.05) is 0 Å². The summed E-state index contributed by atoms with van der Waals surface area (Å²) >= 11 is 0. The van der Waals surface area contributed by atoms with E-state index < -0.39 is 22.2 Å². The van der Waals surface area contributed by atoms with E-state index in [2.05, 4.69) is 5.32 Å². The van der Waals surface area contributed by atoms with Gasteiger partial charge in [-0.25, -0.2) is 4.39 Å². The number of hydrogen-bond acceptors (Lipinski definition) is 3. The molecule has 20 heavy (non-hydrogen) atoms. The molecule has 0 spiro atoms. The number of nitro groups is 1. The first-order valence-electron chi connectivity index (χ1n) is 6.40. The molecule has 1 aromatic rings. The maximum absolute atomic E-state index is 13.5. The third-order valence-electron chi connectivity index (χ3n) is 4.11. The predicted octanol–water partition coefficient (Wildman–Crippen LogP) is 2.86. The molecule has 2 saturated carbocycles. The standard InChI is InChI=1S/C13H12F2N2O3/c14-9-4-10(15)12(17(19)20)5-11(9)16-13(18)8-2-6-1-7(6)3-8/h4-8H,1-3H2,(H,16,18). The molecular weight excluding hydrogens is 270 g/mol. The number of nitrogens with one attached hydrogen (secondary N) is 1. The maximum Gasteiger partial charge on any atom is 0.307 e. The van der Waals surface area contributed by atoms with Crippen molar-refractivity contribution in [3.63, 3.8) is 0 Å². The number of halogens is 2. The Kier molecular flexibility index (Phi) is 2.92. The second-order valence-electron chi connectivity index (χ2n) is 5.45. The molecule has 106 valence electrons. The Hall–Kier alpha value is -2.05. The lowest BCUT2D eigenvalue weighted by atomic mass is 10.0. The maximum atomic E-state index is 13.5. The van der Waals surface area contributed by atoms with Crippen LogP contribution in [0.15, 0.2) is 12.1 Å². The number of amides is 1. The van der Waals surface area contributed by atoms with Crippen LogP contribution < -0.4 is 5.32 Å². The van der Waals surface area contributed by atoms with Crippen LogP contribution in [0.3, 0.4) is 0 Å². The molecule has 0 heterocycles. The van der Waals surface area contributed by atoms with Crippen molar-refractivity contribution < 1.29 is 18.5 Å². The number of nitro benzene ring substituents is 1. The number of carbonyl (C=O) groups is 1. The quantitative estimate of drug-likeness (QED) is 0.684. The first-order valence-corrected chi connectivity index (χ1v) is 6.40. The van der Waals surface area contributed by atoms with Crippen molar-refractivity contribution in [2.24, 2.45) is 17.8 Å². The third-order valence-corrected chi connectivity index (χ3v) is 4.11. The van der Waals surface area contributed by atoms with E-state index in [1.165, 1.54) is 0 Å². The van der Waals surface area contributed by atoms with Gasteiger partial charge in [-0.05, 0) is 31.1 Å². The van der Waals surface area contributed by atoms with E-state index in [1.807, 2.05) is 0 Å². The smallest absolute Gasteiger partial charge is 0.307 e. The zero-order valence-corrected chi connectivity index (χ0v) is 10.4. The molecule has 3 rings (SSSR count). The third kappa shape index (κ3) is 2.23. The molecule has 0 aromatic heterocycles. The number of hydrogen-bond donors (Lipinski definition) is 1. The molecule has 0 radical (unpaired) electrons. The second-order valence-corrected chi connectivity index (χ2v) is 5.45. The van der Waals surface area contributed by atoms with Gasteiger partial charge in [-0.2, -0.15) is 4.39 Å². The van der Waals surface area contributed by atoms with Gasteiger partial charge in [0.15, 0.2) is 0 Å². The summed E-state index contributed by atoms with van der Waals surface area (Å²) in [7, 11) is 0. The van der Waals surface area contributed by atoms with Gasteiger partial charge in [0, 0.05) is 18.1 Å². The summed E-state index contributed by atoms with van der Waals surface area (Å²) in [6.07, 6.45) is 2.71. The summed E-state index contributed by atoms with van der Waals surface area (Å²) in [5.41, 5.74) is -1.19. The van der Waals surface area contributed by atoms with Crippen LogP contribution in [0, 0.1) is 39.5 Å². The van der Waals surface area contributed by atoms with Crippen molar-refractivity contribution in [1.82, 2.24) is 0 Å². The molecular formula is C13H12F2N2O3. The van der Waals surface area contributed by atoms with Crippen LogP contribution in [-0.4, -0.2) is 10.8 Å². The van der Waals surface area contributed by atoms with E-state index in [4.69, 9.17) is 0 Å². The summed E-state index contributed by atoms with van der Waals surface area (Å²) in [5, 5.41) is 12.9. The molecule has 1 aromatic carbocycles. The molecule has 2 aliphatic carbocycles. The van der Waals surface area contributed by atoms with E-state index >= 15 is 0 Å². The van der Waals surface area contributed by atoms with E-state index in [1.54, 1.807) is 0 Å². The highest BCUT2D eigenvalue weighted by atomic mass is 19.1. The number of carbonyl (C=O) groups excluding carboxylic acids is 1. The molecule has 0 saturated heterocycles. The van der Waals surface area contributed by atoms with Gasteiger partial charge in [0.05, 0.1) is 10.6 Å². The zero-order valence-electron chi connectivity index (χ0n) is 10.4. The van der Waals surface area contributed by atoms with Crippen molar-refractivity contribution in [3.05, 3.63) is 33.9 Å². The SMILES string of the molecule is O=C(Nc1cc([N+](=O)[O-])c(F)cc1F)C1CC2CC2C1. The van der Waals surface area contributed by atoms with Crippen LogP contribution in [-0.2, 0) is 4.79 Å². The van der Waals surface area contributed by atoms with Gasteiger partial charge in [-0.3, -0.25) is 14.9 Å². The zero-order chi connectivity index (χ0) is 14.4. The monoisotopic (exact) mass is 282 g/mol. The van der Waals surface area contributed by atoms with Crippen molar-refractivity contribution in [1.29, 1.82) is 0 Å². The largest absolute Gasteiger partial charge is 0.323 e. The van der Waals surface area contributed by atoms with Crippen LogP contribution in [0.1, 0.15) is 19.3 Å². The van der Waals surface area contributed by atoms with Gasteiger partial charge < -0.3 is 5.32 Å². The number of fused-ring (bicyclic) bond motifs is 1. The second kappa shape index (κ2) is 4.50. The Balaban J connectivity index is 1.77. The lowest BCUT2D eigenvalue weighted by Gasteiger charge is -2.12. The van der Waals surface area contributed by atoms with Crippen molar-refractivity contribution in [3.8, 4) is 0 Å². The average Bonchev–Trinajstić information content (AvgIpc) is 2.98. The summed E-state index contributed by atoms with van der Waals surface area (Å²) in [6, 6.07) is 1.14. The minimum Gasteiger partial charge on any atom is -0.323 e. The lowest BCUT2D eigenvalue weighted by molar-refractivity contribution is -0.387. The fourth-order valence-electron chi connectivity index (χ4n) is 2.94. The number of anilines is 1. The van der Waals surface area contributed by atoms with Gasteiger partial charge in [0.2, 0.25) is 11.7 Å².